The van der Waals surface area contributed by atoms with E-state index in [1.807, 2.05) is 6.92 Å². The molecule has 0 aliphatic heterocycles. The third kappa shape index (κ3) is 3.42. The predicted molar refractivity (Wildman–Crippen MR) is 66.2 cm³/mol. The minimum atomic E-state index is -0.993. The zero-order chi connectivity index (χ0) is 12.7. The van der Waals surface area contributed by atoms with E-state index in [0.717, 1.165) is 6.42 Å². The van der Waals surface area contributed by atoms with Gasteiger partial charge in [0.1, 0.15) is 6.11 Å². The van der Waals surface area contributed by atoms with E-state index in [1.54, 1.807) is 31.2 Å². The van der Waals surface area contributed by atoms with E-state index >= 15 is 0 Å². The van der Waals surface area contributed by atoms with Crippen molar-refractivity contribution >= 4 is 11.8 Å². The summed E-state index contributed by atoms with van der Waals surface area (Å²) < 4.78 is 5.20. The molecule has 1 N–H and O–H groups in total. The average molecular weight is 233 g/mol. The number of amides is 1. The summed E-state index contributed by atoms with van der Waals surface area (Å²) in [6.45, 7) is 4.00. The minimum absolute atomic E-state index is 0.426. The first-order valence-corrected chi connectivity index (χ1v) is 5.38. The number of hydrogen-bond acceptors (Lipinski definition) is 2. The van der Waals surface area contributed by atoms with Crippen LogP contribution in [0.25, 0.3) is 0 Å². The first-order chi connectivity index (χ1) is 8.20. The molecule has 0 spiro atoms. The maximum absolute atomic E-state index is 11.2. The molecule has 0 aromatic heterocycles. The lowest BCUT2D eigenvalue weighted by Gasteiger charge is -2.20. The number of nitrogens with zero attached hydrogens (tertiary/aromatic N) is 1. The zero-order valence-electron chi connectivity index (χ0n) is 9.93. The minimum Gasteiger partial charge on any atom is -0.465 e. The zero-order valence-corrected chi connectivity index (χ0v) is 9.93. The standard InChI is InChI=1S/C13H15NO3/c1-3-9-14(13(15)16)11-7-5-6-8-12(11)17-10-4-2/h5-8H,3,9H2,1-2H3,(H,15,16). The van der Waals surface area contributed by atoms with E-state index in [9.17, 15) is 4.79 Å². The van der Waals surface area contributed by atoms with Crippen molar-refractivity contribution in [3.8, 4) is 17.8 Å². The van der Waals surface area contributed by atoms with Gasteiger partial charge >= 0.3 is 6.09 Å². The van der Waals surface area contributed by atoms with Crippen LogP contribution in [-0.4, -0.2) is 17.7 Å². The molecular formula is C13H15NO3. The van der Waals surface area contributed by atoms with Gasteiger partial charge in [-0.3, -0.25) is 4.90 Å². The van der Waals surface area contributed by atoms with Crippen LogP contribution >= 0.6 is 0 Å². The Morgan fingerprint density at radius 1 is 1.47 bits per heavy atom. The molecule has 90 valence electrons. The van der Waals surface area contributed by atoms with E-state index in [0.29, 0.717) is 18.0 Å². The molecule has 0 atom stereocenters. The van der Waals surface area contributed by atoms with Crippen molar-refractivity contribution in [2.45, 2.75) is 20.3 Å². The maximum atomic E-state index is 11.2. The Kier molecular flexibility index (Phi) is 4.89. The molecule has 0 saturated carbocycles. The third-order valence-corrected chi connectivity index (χ3v) is 2.10. The molecule has 1 rings (SSSR count). The first-order valence-electron chi connectivity index (χ1n) is 5.38. The molecule has 0 fully saturated rings. The molecule has 0 unspecified atom stereocenters. The van der Waals surface area contributed by atoms with Crippen molar-refractivity contribution < 1.29 is 14.6 Å². The third-order valence-electron chi connectivity index (χ3n) is 2.10. The largest absolute Gasteiger partial charge is 0.465 e. The van der Waals surface area contributed by atoms with Gasteiger partial charge in [-0.15, -0.1) is 0 Å². The summed E-state index contributed by atoms with van der Waals surface area (Å²) in [5, 5.41) is 9.14. The van der Waals surface area contributed by atoms with Crippen LogP contribution in [0, 0.1) is 12.0 Å². The lowest BCUT2D eigenvalue weighted by Crippen LogP contribution is -2.30. The topological polar surface area (TPSA) is 49.8 Å². The summed E-state index contributed by atoms with van der Waals surface area (Å²) in [6.07, 6.45) is 2.21. The van der Waals surface area contributed by atoms with Gasteiger partial charge in [-0.05, 0) is 18.6 Å². The summed E-state index contributed by atoms with van der Waals surface area (Å²) in [5.41, 5.74) is 0.518. The van der Waals surface area contributed by atoms with Crippen LogP contribution in [0.5, 0.6) is 5.75 Å². The molecule has 1 amide bonds. The summed E-state index contributed by atoms with van der Waals surface area (Å²) in [5.74, 6) is 3.06. The van der Waals surface area contributed by atoms with Gasteiger partial charge < -0.3 is 9.84 Å². The van der Waals surface area contributed by atoms with Crippen molar-refractivity contribution in [1.82, 2.24) is 0 Å². The number of ether oxygens (including phenoxy) is 1. The van der Waals surface area contributed by atoms with Crippen molar-refractivity contribution in [2.24, 2.45) is 0 Å². The summed E-state index contributed by atoms with van der Waals surface area (Å²) in [6, 6.07) is 6.96. The van der Waals surface area contributed by atoms with E-state index in [-0.39, 0.29) is 0 Å². The predicted octanol–water partition coefficient (Wildman–Crippen LogP) is 2.94. The highest BCUT2D eigenvalue weighted by atomic mass is 16.5. The quantitative estimate of drug-likeness (QED) is 0.813. The van der Waals surface area contributed by atoms with Crippen molar-refractivity contribution in [3.63, 3.8) is 0 Å². The highest BCUT2D eigenvalue weighted by molar-refractivity contribution is 5.88. The molecule has 1 aromatic carbocycles. The number of benzene rings is 1. The van der Waals surface area contributed by atoms with Crippen LogP contribution in [0.2, 0.25) is 0 Å². The molecule has 4 nitrogen and oxygen atoms in total. The molecule has 1 aromatic rings. The van der Waals surface area contributed by atoms with Crippen LogP contribution in [-0.2, 0) is 0 Å². The summed E-state index contributed by atoms with van der Waals surface area (Å²) >= 11 is 0. The fourth-order valence-corrected chi connectivity index (χ4v) is 1.42. The number of carboxylic acid groups (broad SMARTS) is 1. The molecule has 17 heavy (non-hydrogen) atoms. The molecule has 0 aliphatic rings. The highest BCUT2D eigenvalue weighted by Crippen LogP contribution is 2.28. The second-order valence-electron chi connectivity index (χ2n) is 3.36. The van der Waals surface area contributed by atoms with Gasteiger partial charge in [0.05, 0.1) is 5.69 Å². The van der Waals surface area contributed by atoms with Gasteiger partial charge in [-0.25, -0.2) is 4.79 Å². The van der Waals surface area contributed by atoms with Crippen LogP contribution in [0.1, 0.15) is 20.3 Å². The van der Waals surface area contributed by atoms with Crippen molar-refractivity contribution in [1.29, 1.82) is 0 Å². The average Bonchev–Trinajstić information content (AvgIpc) is 2.33. The van der Waals surface area contributed by atoms with Gasteiger partial charge in [-0.1, -0.05) is 25.0 Å². The number of carbonyl (C=O) groups is 1. The first kappa shape index (κ1) is 12.9. The summed E-state index contributed by atoms with van der Waals surface area (Å²) in [7, 11) is 0. The Hall–Kier alpha value is -2.15. The molecule has 4 heteroatoms. The molecule has 0 radical (unpaired) electrons. The SMILES string of the molecule is CC#COc1ccccc1N(CCC)C(=O)O. The van der Waals surface area contributed by atoms with E-state index in [4.69, 9.17) is 9.84 Å². The second kappa shape index (κ2) is 6.44. The molecular weight excluding hydrogens is 218 g/mol. The maximum Gasteiger partial charge on any atom is 0.411 e. The van der Waals surface area contributed by atoms with E-state index < -0.39 is 6.09 Å². The van der Waals surface area contributed by atoms with Crippen LogP contribution in [0.15, 0.2) is 24.3 Å². The molecule has 0 bridgehead atoms. The van der Waals surface area contributed by atoms with Crippen LogP contribution in [0.4, 0.5) is 10.5 Å². The molecule has 0 saturated heterocycles. The number of hydrogen-bond donors (Lipinski definition) is 1. The van der Waals surface area contributed by atoms with Gasteiger partial charge in [0.15, 0.2) is 5.75 Å². The smallest absolute Gasteiger partial charge is 0.411 e. The van der Waals surface area contributed by atoms with Crippen molar-refractivity contribution in [3.05, 3.63) is 24.3 Å². The van der Waals surface area contributed by atoms with Crippen LogP contribution < -0.4 is 9.64 Å². The second-order valence-corrected chi connectivity index (χ2v) is 3.36. The number of anilines is 1. The fraction of sp³-hybridized carbons (Fsp3) is 0.308. The van der Waals surface area contributed by atoms with E-state index in [1.165, 1.54) is 4.90 Å². The molecule has 0 heterocycles. The normalized spacial score (nSPS) is 9.06. The Balaban J connectivity index is 3.07. The van der Waals surface area contributed by atoms with Gasteiger partial charge in [0.25, 0.3) is 0 Å². The number of para-hydroxylation sites is 2. The van der Waals surface area contributed by atoms with Gasteiger partial charge in [0.2, 0.25) is 0 Å². The van der Waals surface area contributed by atoms with Crippen LogP contribution in [0.3, 0.4) is 0 Å². The highest BCUT2D eigenvalue weighted by Gasteiger charge is 2.17. The Morgan fingerprint density at radius 3 is 2.76 bits per heavy atom. The van der Waals surface area contributed by atoms with Crippen molar-refractivity contribution in [2.75, 3.05) is 11.4 Å². The Bertz CT molecular complexity index is 445. The summed E-state index contributed by atoms with van der Waals surface area (Å²) in [4.78, 5) is 12.4. The lowest BCUT2D eigenvalue weighted by atomic mass is 10.2. The fourth-order valence-electron chi connectivity index (χ4n) is 1.42. The van der Waals surface area contributed by atoms with Gasteiger partial charge in [-0.2, -0.15) is 0 Å². The van der Waals surface area contributed by atoms with Gasteiger partial charge in [0, 0.05) is 13.5 Å². The number of rotatable bonds is 4. The Morgan fingerprint density at radius 2 is 2.18 bits per heavy atom. The Labute approximate surface area is 101 Å². The molecule has 0 aliphatic carbocycles. The van der Waals surface area contributed by atoms with E-state index in [2.05, 4.69) is 12.0 Å². The monoisotopic (exact) mass is 233 g/mol. The lowest BCUT2D eigenvalue weighted by molar-refractivity contribution is 0.201.